The zero-order valence-electron chi connectivity index (χ0n) is 19.1. The van der Waals surface area contributed by atoms with Gasteiger partial charge in [-0.1, -0.05) is 18.2 Å². The van der Waals surface area contributed by atoms with Gasteiger partial charge in [-0.15, -0.1) is 0 Å². The maximum atomic E-state index is 12.8. The Morgan fingerprint density at radius 2 is 2.06 bits per heavy atom. The zero-order valence-corrected chi connectivity index (χ0v) is 19.9. The van der Waals surface area contributed by atoms with E-state index in [1.165, 1.54) is 30.0 Å². The molecule has 0 spiro atoms. The molecule has 1 saturated heterocycles. The molecule has 1 aliphatic rings. The molecule has 1 aromatic heterocycles. The van der Waals surface area contributed by atoms with E-state index in [1.54, 1.807) is 24.4 Å². The van der Waals surface area contributed by atoms with Crippen molar-refractivity contribution < 1.29 is 22.9 Å². The fourth-order valence-electron chi connectivity index (χ4n) is 3.89. The highest BCUT2D eigenvalue weighted by molar-refractivity contribution is 7.91. The fraction of sp³-hybridized carbons (Fsp3) is 0.208. The Morgan fingerprint density at radius 1 is 1.31 bits per heavy atom. The summed E-state index contributed by atoms with van der Waals surface area (Å²) in [5.74, 6) is -0.830. The van der Waals surface area contributed by atoms with Gasteiger partial charge in [0, 0.05) is 29.4 Å². The number of para-hydroxylation sites is 1. The number of carbonyl (C=O) groups excluding carboxylic acids is 1. The molecule has 1 amide bonds. The smallest absolute Gasteiger partial charge is 0.311 e. The van der Waals surface area contributed by atoms with Crippen molar-refractivity contribution in [3.05, 3.63) is 76.0 Å². The molecule has 2 aromatic carbocycles. The van der Waals surface area contributed by atoms with Crippen molar-refractivity contribution in [2.45, 2.75) is 12.5 Å². The zero-order chi connectivity index (χ0) is 25.9. The van der Waals surface area contributed by atoms with Gasteiger partial charge in [0.15, 0.2) is 15.6 Å². The minimum absolute atomic E-state index is 0.0200. The third-order valence-electron chi connectivity index (χ3n) is 5.64. The van der Waals surface area contributed by atoms with E-state index in [-0.39, 0.29) is 34.9 Å². The molecule has 1 unspecified atom stereocenters. The first-order valence-corrected chi connectivity index (χ1v) is 12.6. The summed E-state index contributed by atoms with van der Waals surface area (Å²) in [6.07, 6.45) is 3.21. The molecule has 184 valence electrons. The van der Waals surface area contributed by atoms with Crippen LogP contribution in [0.25, 0.3) is 23.0 Å². The molecular weight excluding hydrogens is 486 g/mol. The number of nitro benzene ring substituents is 1. The lowest BCUT2D eigenvalue weighted by molar-refractivity contribution is -0.385. The lowest BCUT2D eigenvalue weighted by atomic mass is 10.0. The van der Waals surface area contributed by atoms with Crippen LogP contribution >= 0.6 is 0 Å². The molecular formula is C24H21N5O6S. The number of carbonyl (C=O) groups is 1. The number of nitro groups is 1. The Hall–Kier alpha value is -4.50. The molecule has 2 heterocycles. The minimum atomic E-state index is -3.22. The maximum absolute atomic E-state index is 12.8. The van der Waals surface area contributed by atoms with Crippen LogP contribution in [0, 0.1) is 21.4 Å². The molecule has 4 rings (SSSR count). The standard InChI is InChI=1S/C24H21N5O6S/c1-35-22-8-7-16(12-21(22)29(31)32)23-18(14-28(27-23)20-5-3-2-4-6-20)11-17(13-25)24(30)26-19-9-10-36(33,34)15-19/h2-8,11-12,14,19H,9-10,15H2,1H3,(H,26,30)/b17-11+. The van der Waals surface area contributed by atoms with Crippen LogP contribution in [0.5, 0.6) is 5.75 Å². The van der Waals surface area contributed by atoms with Crippen molar-refractivity contribution in [2.24, 2.45) is 0 Å². The van der Waals surface area contributed by atoms with Gasteiger partial charge in [0.2, 0.25) is 0 Å². The van der Waals surface area contributed by atoms with Crippen molar-refractivity contribution in [1.82, 2.24) is 15.1 Å². The summed E-state index contributed by atoms with van der Waals surface area (Å²) < 4.78 is 30.0. The molecule has 0 bridgehead atoms. The number of nitriles is 1. The molecule has 1 fully saturated rings. The van der Waals surface area contributed by atoms with E-state index < -0.39 is 26.7 Å². The van der Waals surface area contributed by atoms with E-state index in [1.807, 2.05) is 24.3 Å². The van der Waals surface area contributed by atoms with Gasteiger partial charge in [-0.3, -0.25) is 14.9 Å². The Kier molecular flexibility index (Phi) is 6.84. The lowest BCUT2D eigenvalue weighted by Gasteiger charge is -2.10. The lowest BCUT2D eigenvalue weighted by Crippen LogP contribution is -2.36. The third-order valence-corrected chi connectivity index (χ3v) is 7.41. The second-order valence-electron chi connectivity index (χ2n) is 8.10. The summed E-state index contributed by atoms with van der Waals surface area (Å²) in [7, 11) is -1.89. The van der Waals surface area contributed by atoms with E-state index in [0.717, 1.165) is 0 Å². The number of hydrogen-bond acceptors (Lipinski definition) is 8. The summed E-state index contributed by atoms with van der Waals surface area (Å²) in [4.78, 5) is 23.7. The molecule has 36 heavy (non-hydrogen) atoms. The molecule has 0 aliphatic carbocycles. The van der Waals surface area contributed by atoms with Gasteiger partial charge >= 0.3 is 5.69 Å². The van der Waals surface area contributed by atoms with Crippen molar-refractivity contribution >= 4 is 27.5 Å². The molecule has 1 N–H and O–H groups in total. The Morgan fingerprint density at radius 3 is 2.67 bits per heavy atom. The van der Waals surface area contributed by atoms with E-state index in [9.17, 15) is 28.6 Å². The van der Waals surface area contributed by atoms with Crippen LogP contribution in [0.4, 0.5) is 5.69 Å². The Balaban J connectivity index is 1.77. The summed E-state index contributed by atoms with van der Waals surface area (Å²) in [5.41, 5.74) is 1.22. The quantitative estimate of drug-likeness (QED) is 0.221. The van der Waals surface area contributed by atoms with Crippen molar-refractivity contribution in [2.75, 3.05) is 18.6 Å². The van der Waals surface area contributed by atoms with E-state index in [4.69, 9.17) is 4.74 Å². The van der Waals surface area contributed by atoms with Gasteiger partial charge in [0.1, 0.15) is 17.3 Å². The van der Waals surface area contributed by atoms with Crippen LogP contribution in [0.2, 0.25) is 0 Å². The average Bonchev–Trinajstić information content (AvgIpc) is 3.44. The van der Waals surface area contributed by atoms with Gasteiger partial charge in [0.05, 0.1) is 29.2 Å². The largest absolute Gasteiger partial charge is 0.490 e. The Bertz CT molecular complexity index is 1510. The van der Waals surface area contributed by atoms with Crippen molar-refractivity contribution in [3.8, 4) is 28.8 Å². The summed E-state index contributed by atoms with van der Waals surface area (Å²) >= 11 is 0. The van der Waals surface area contributed by atoms with Crippen LogP contribution in [-0.4, -0.2) is 53.7 Å². The topological polar surface area (TPSA) is 157 Å². The number of methoxy groups -OCH3 is 1. The van der Waals surface area contributed by atoms with Gasteiger partial charge < -0.3 is 10.1 Å². The molecule has 1 atom stereocenters. The van der Waals surface area contributed by atoms with E-state index in [2.05, 4.69) is 10.4 Å². The predicted molar refractivity (Wildman–Crippen MR) is 131 cm³/mol. The molecule has 0 saturated carbocycles. The summed E-state index contributed by atoms with van der Waals surface area (Å²) in [6.45, 7) is 0. The highest BCUT2D eigenvalue weighted by Crippen LogP contribution is 2.34. The number of ether oxygens (including phenoxy) is 1. The third kappa shape index (κ3) is 5.26. The van der Waals surface area contributed by atoms with Gasteiger partial charge in [0.25, 0.3) is 5.91 Å². The monoisotopic (exact) mass is 507 g/mol. The van der Waals surface area contributed by atoms with Gasteiger partial charge in [-0.05, 0) is 36.8 Å². The number of nitrogens with one attached hydrogen (secondary N) is 1. The van der Waals surface area contributed by atoms with Crippen molar-refractivity contribution in [1.29, 1.82) is 5.26 Å². The predicted octanol–water partition coefficient (Wildman–Crippen LogP) is 2.67. The second kappa shape index (κ2) is 10.0. The van der Waals surface area contributed by atoms with Gasteiger partial charge in [-0.25, -0.2) is 13.1 Å². The Labute approximate surface area is 206 Å². The number of amides is 1. The van der Waals surface area contributed by atoms with Crippen LogP contribution in [0.1, 0.15) is 12.0 Å². The normalized spacial score (nSPS) is 16.8. The van der Waals surface area contributed by atoms with Crippen LogP contribution in [0.15, 0.2) is 60.3 Å². The molecule has 1 aliphatic heterocycles. The number of rotatable bonds is 7. The summed E-state index contributed by atoms with van der Waals surface area (Å²) in [5, 5.41) is 28.4. The second-order valence-corrected chi connectivity index (χ2v) is 10.3. The van der Waals surface area contributed by atoms with Crippen LogP contribution in [0.3, 0.4) is 0 Å². The maximum Gasteiger partial charge on any atom is 0.311 e. The molecule has 11 nitrogen and oxygen atoms in total. The minimum Gasteiger partial charge on any atom is -0.490 e. The van der Waals surface area contributed by atoms with E-state index in [0.29, 0.717) is 22.5 Å². The number of hydrogen-bond donors (Lipinski definition) is 1. The fourth-order valence-corrected chi connectivity index (χ4v) is 5.56. The highest BCUT2D eigenvalue weighted by Gasteiger charge is 2.30. The van der Waals surface area contributed by atoms with E-state index >= 15 is 0 Å². The first-order chi connectivity index (χ1) is 17.2. The number of aromatic nitrogens is 2. The first kappa shape index (κ1) is 24.6. The number of sulfone groups is 1. The SMILES string of the molecule is COc1ccc(-c2nn(-c3ccccc3)cc2/C=C(\C#N)C(=O)NC2CCS(=O)(=O)C2)cc1[N+](=O)[O-]. The van der Waals surface area contributed by atoms with Crippen LogP contribution < -0.4 is 10.1 Å². The van der Waals surface area contributed by atoms with Gasteiger partial charge in [-0.2, -0.15) is 10.4 Å². The van der Waals surface area contributed by atoms with Crippen molar-refractivity contribution in [3.63, 3.8) is 0 Å². The number of benzene rings is 2. The first-order valence-electron chi connectivity index (χ1n) is 10.8. The average molecular weight is 508 g/mol. The molecule has 0 radical (unpaired) electrons. The molecule has 3 aromatic rings. The number of nitrogens with zero attached hydrogens (tertiary/aromatic N) is 4. The molecule has 12 heteroatoms. The highest BCUT2D eigenvalue weighted by atomic mass is 32.2. The summed E-state index contributed by atoms with van der Waals surface area (Å²) in [6, 6.07) is 14.7. The van der Waals surface area contributed by atoms with Crippen LogP contribution in [-0.2, 0) is 14.6 Å².